The minimum Gasteiger partial charge on any atom is -0.439 e. The summed E-state index contributed by atoms with van der Waals surface area (Å²) >= 11 is 0. The van der Waals surface area contributed by atoms with Crippen LogP contribution in [0.2, 0.25) is 0 Å². The Morgan fingerprint density at radius 2 is 2.00 bits per heavy atom. The van der Waals surface area contributed by atoms with E-state index < -0.39 is 17.8 Å². The largest absolute Gasteiger partial charge is 0.439 e. The second-order valence-electron chi connectivity index (χ2n) is 4.09. The van der Waals surface area contributed by atoms with Gasteiger partial charge in [-0.3, -0.25) is 4.79 Å². The number of amides is 1. The Bertz CT molecular complexity index is 308. The molecule has 0 saturated carbocycles. The Morgan fingerprint density at radius 1 is 1.47 bits per heavy atom. The van der Waals surface area contributed by atoms with Crippen molar-refractivity contribution in [3.8, 4) is 0 Å². The number of hydrogen-bond acceptors (Lipinski definition) is 4. The summed E-state index contributed by atoms with van der Waals surface area (Å²) in [5, 5.41) is 2.56. The molecule has 1 amide bonds. The monoisotopic (exact) mass is 243 g/mol. The average Bonchev–Trinajstić information content (AvgIpc) is 2.27. The van der Waals surface area contributed by atoms with E-state index in [1.54, 1.807) is 20.8 Å². The van der Waals surface area contributed by atoms with Crippen molar-refractivity contribution >= 4 is 11.9 Å². The van der Waals surface area contributed by atoms with Gasteiger partial charge in [0.05, 0.1) is 0 Å². The van der Waals surface area contributed by atoms with Crippen molar-refractivity contribution < 1.29 is 19.1 Å². The predicted molar refractivity (Wildman–Crippen MR) is 64.2 cm³/mol. The van der Waals surface area contributed by atoms with E-state index in [9.17, 15) is 9.59 Å². The van der Waals surface area contributed by atoms with Crippen molar-refractivity contribution in [2.24, 2.45) is 0 Å². The van der Waals surface area contributed by atoms with Crippen molar-refractivity contribution in [1.29, 1.82) is 0 Å². The molecule has 0 heterocycles. The Labute approximate surface area is 102 Å². The number of ether oxygens (including phenoxy) is 2. The summed E-state index contributed by atoms with van der Waals surface area (Å²) in [5.74, 6) is -0.849. The minimum absolute atomic E-state index is 0.288. The van der Waals surface area contributed by atoms with Gasteiger partial charge in [0.15, 0.2) is 6.23 Å². The molecule has 2 atom stereocenters. The number of methoxy groups -OCH3 is 1. The van der Waals surface area contributed by atoms with Crippen molar-refractivity contribution in [3.63, 3.8) is 0 Å². The normalized spacial score (nSPS) is 15.6. The summed E-state index contributed by atoms with van der Waals surface area (Å²) in [6.45, 7) is 10.1. The molecule has 0 aliphatic rings. The third-order valence-corrected chi connectivity index (χ3v) is 2.57. The van der Waals surface area contributed by atoms with Gasteiger partial charge in [-0.15, -0.1) is 0 Å². The highest BCUT2D eigenvalue weighted by Crippen LogP contribution is 2.14. The predicted octanol–water partition coefficient (Wildman–Crippen LogP) is 1.38. The van der Waals surface area contributed by atoms with Gasteiger partial charge >= 0.3 is 5.97 Å². The lowest BCUT2D eigenvalue weighted by molar-refractivity contribution is -0.152. The molecule has 0 bridgehead atoms. The van der Waals surface area contributed by atoms with Crippen LogP contribution in [0.4, 0.5) is 0 Å². The number of nitrogens with one attached hydrogen (secondary N) is 1. The maximum absolute atomic E-state index is 11.8. The van der Waals surface area contributed by atoms with E-state index in [0.717, 1.165) is 0 Å². The highest BCUT2D eigenvalue weighted by molar-refractivity contribution is 5.88. The molecule has 0 aliphatic heterocycles. The number of rotatable bonds is 6. The first-order valence-corrected chi connectivity index (χ1v) is 5.49. The van der Waals surface area contributed by atoms with Crippen LogP contribution in [0.5, 0.6) is 0 Å². The highest BCUT2D eigenvalue weighted by atomic mass is 16.6. The molecule has 2 unspecified atom stereocenters. The number of carbonyl (C=O) groups excluding carboxylic acids is 2. The zero-order valence-electron chi connectivity index (χ0n) is 11.1. The van der Waals surface area contributed by atoms with Crippen LogP contribution in [0.1, 0.15) is 34.1 Å². The topological polar surface area (TPSA) is 64.6 Å². The molecule has 0 aliphatic carbocycles. The van der Waals surface area contributed by atoms with Gasteiger partial charge in [0.25, 0.3) is 5.91 Å². The summed E-state index contributed by atoms with van der Waals surface area (Å²) in [6.07, 6.45) is -0.191. The smallest absolute Gasteiger partial charge is 0.335 e. The molecule has 98 valence electrons. The summed E-state index contributed by atoms with van der Waals surface area (Å²) < 4.78 is 10.1. The molecule has 5 heteroatoms. The molecular weight excluding hydrogens is 222 g/mol. The Balaban J connectivity index is 4.39. The molecule has 17 heavy (non-hydrogen) atoms. The van der Waals surface area contributed by atoms with Crippen molar-refractivity contribution in [2.45, 2.75) is 45.9 Å². The van der Waals surface area contributed by atoms with Crippen LogP contribution in [0.3, 0.4) is 0 Å². The maximum atomic E-state index is 11.8. The van der Waals surface area contributed by atoms with Gasteiger partial charge in [0, 0.05) is 12.7 Å². The first kappa shape index (κ1) is 15.6. The molecule has 0 fully saturated rings. The van der Waals surface area contributed by atoms with E-state index in [4.69, 9.17) is 9.47 Å². The first-order chi connectivity index (χ1) is 7.76. The van der Waals surface area contributed by atoms with Gasteiger partial charge in [-0.25, -0.2) is 4.79 Å². The Hall–Kier alpha value is -1.36. The lowest BCUT2D eigenvalue weighted by atomic mass is 10.0. The first-order valence-electron chi connectivity index (χ1n) is 5.49. The van der Waals surface area contributed by atoms with E-state index in [-0.39, 0.29) is 11.5 Å². The summed E-state index contributed by atoms with van der Waals surface area (Å²) in [5.41, 5.74) is -0.625. The standard InChI is InChI=1S/C12H21NO4/c1-7-12(5,16-6)11(15)13-9(4)17-10(14)8(2)3/h9H,2,7H2,1,3-6H3,(H,13,15). The van der Waals surface area contributed by atoms with Crippen LogP contribution in [-0.2, 0) is 19.1 Å². The van der Waals surface area contributed by atoms with Crippen LogP contribution < -0.4 is 5.32 Å². The van der Waals surface area contributed by atoms with Gasteiger partial charge < -0.3 is 14.8 Å². The minimum atomic E-state index is -0.913. The molecule has 0 spiro atoms. The number of esters is 1. The maximum Gasteiger partial charge on any atom is 0.335 e. The summed E-state index contributed by atoms with van der Waals surface area (Å²) in [4.78, 5) is 23.1. The highest BCUT2D eigenvalue weighted by Gasteiger charge is 2.32. The molecule has 1 N–H and O–H groups in total. The zero-order valence-corrected chi connectivity index (χ0v) is 11.1. The fourth-order valence-corrected chi connectivity index (χ4v) is 1.03. The molecule has 0 radical (unpaired) electrons. The number of hydrogen-bond donors (Lipinski definition) is 1. The van der Waals surface area contributed by atoms with E-state index >= 15 is 0 Å². The molecule has 5 nitrogen and oxygen atoms in total. The van der Waals surface area contributed by atoms with E-state index in [1.807, 2.05) is 6.92 Å². The van der Waals surface area contributed by atoms with Crippen LogP contribution in [0.15, 0.2) is 12.2 Å². The lowest BCUT2D eigenvalue weighted by Gasteiger charge is -2.27. The van der Waals surface area contributed by atoms with E-state index in [1.165, 1.54) is 7.11 Å². The van der Waals surface area contributed by atoms with E-state index in [0.29, 0.717) is 6.42 Å². The molecular formula is C12H21NO4. The molecule has 0 saturated heterocycles. The van der Waals surface area contributed by atoms with Gasteiger partial charge in [-0.1, -0.05) is 13.5 Å². The van der Waals surface area contributed by atoms with Crippen molar-refractivity contribution in [3.05, 3.63) is 12.2 Å². The molecule has 0 aromatic carbocycles. The van der Waals surface area contributed by atoms with Gasteiger partial charge in [0.1, 0.15) is 5.60 Å². The average molecular weight is 243 g/mol. The van der Waals surface area contributed by atoms with Crippen LogP contribution in [0, 0.1) is 0 Å². The van der Waals surface area contributed by atoms with E-state index in [2.05, 4.69) is 11.9 Å². The zero-order chi connectivity index (χ0) is 13.6. The van der Waals surface area contributed by atoms with Gasteiger partial charge in [0.2, 0.25) is 0 Å². The lowest BCUT2D eigenvalue weighted by Crippen LogP contribution is -2.49. The molecule has 0 rings (SSSR count). The quantitative estimate of drug-likeness (QED) is 0.435. The Kier molecular flexibility index (Phi) is 5.88. The van der Waals surface area contributed by atoms with Crippen LogP contribution >= 0.6 is 0 Å². The SMILES string of the molecule is C=C(C)C(=O)OC(C)NC(=O)C(C)(CC)OC. The van der Waals surface area contributed by atoms with Crippen LogP contribution in [0.25, 0.3) is 0 Å². The fraction of sp³-hybridized carbons (Fsp3) is 0.667. The fourth-order valence-electron chi connectivity index (χ4n) is 1.03. The number of carbonyl (C=O) groups is 2. The second kappa shape index (κ2) is 6.39. The van der Waals surface area contributed by atoms with Gasteiger partial charge in [-0.05, 0) is 27.2 Å². The summed E-state index contributed by atoms with van der Waals surface area (Å²) in [6, 6.07) is 0. The third-order valence-electron chi connectivity index (χ3n) is 2.57. The second-order valence-corrected chi connectivity index (χ2v) is 4.09. The third kappa shape index (κ3) is 4.56. The van der Waals surface area contributed by atoms with Crippen molar-refractivity contribution in [1.82, 2.24) is 5.32 Å². The Morgan fingerprint density at radius 3 is 2.35 bits per heavy atom. The summed E-state index contributed by atoms with van der Waals surface area (Å²) in [7, 11) is 1.47. The van der Waals surface area contributed by atoms with Gasteiger partial charge in [-0.2, -0.15) is 0 Å². The molecule has 0 aromatic heterocycles. The van der Waals surface area contributed by atoms with Crippen LogP contribution in [-0.4, -0.2) is 30.8 Å². The molecule has 0 aromatic rings. The van der Waals surface area contributed by atoms with Crippen molar-refractivity contribution in [2.75, 3.05) is 7.11 Å².